The van der Waals surface area contributed by atoms with Crippen LogP contribution < -0.4 is 10.1 Å². The zero-order valence-electron chi connectivity index (χ0n) is 18.6. The molecule has 1 heterocycles. The van der Waals surface area contributed by atoms with Crippen molar-refractivity contribution in [3.05, 3.63) is 77.7 Å². The fourth-order valence-corrected chi connectivity index (χ4v) is 5.15. The molecule has 0 spiro atoms. The number of hydrogen-bond acceptors (Lipinski definition) is 5. The number of carbonyl (C=O) groups excluding carboxylic acids is 1. The highest BCUT2D eigenvalue weighted by Crippen LogP contribution is 2.31. The largest absolute Gasteiger partial charge is 0.497 e. The Kier molecular flexibility index (Phi) is 5.36. The van der Waals surface area contributed by atoms with Crippen molar-refractivity contribution in [3.8, 4) is 16.9 Å². The van der Waals surface area contributed by atoms with Gasteiger partial charge in [0.05, 0.1) is 23.7 Å². The molecule has 0 bridgehead atoms. The summed E-state index contributed by atoms with van der Waals surface area (Å²) in [4.78, 5) is 12.5. The summed E-state index contributed by atoms with van der Waals surface area (Å²) in [5.74, 6) is -0.362. The number of carbonyl (C=O) groups is 1. The number of methoxy groups -OCH3 is 1. The van der Waals surface area contributed by atoms with Crippen molar-refractivity contribution in [3.63, 3.8) is 0 Å². The molecule has 0 saturated heterocycles. The van der Waals surface area contributed by atoms with Crippen LogP contribution in [0.5, 0.6) is 5.75 Å². The number of fused-ring (bicyclic) bond motifs is 1. The molecule has 5 rings (SSSR count). The second kappa shape index (κ2) is 8.25. The van der Waals surface area contributed by atoms with Crippen LogP contribution in [0.2, 0.25) is 0 Å². The summed E-state index contributed by atoms with van der Waals surface area (Å²) in [6, 6.07) is 14.3. The average Bonchev–Trinajstić information content (AvgIpc) is 3.54. The van der Waals surface area contributed by atoms with Gasteiger partial charge in [-0.1, -0.05) is 12.1 Å². The van der Waals surface area contributed by atoms with Crippen molar-refractivity contribution < 1.29 is 22.3 Å². The van der Waals surface area contributed by atoms with Gasteiger partial charge in [-0.2, -0.15) is 17.6 Å². The Morgan fingerprint density at radius 1 is 1.15 bits per heavy atom. The molecule has 4 aromatic rings. The fourth-order valence-electron chi connectivity index (χ4n) is 3.84. The second-order valence-corrected chi connectivity index (χ2v) is 10.1. The highest BCUT2D eigenvalue weighted by molar-refractivity contribution is 7.90. The summed E-state index contributed by atoms with van der Waals surface area (Å²) in [7, 11) is -2.49. The van der Waals surface area contributed by atoms with Gasteiger partial charge in [0.2, 0.25) is 0 Å². The van der Waals surface area contributed by atoms with Crippen molar-refractivity contribution in [1.82, 2.24) is 14.5 Å². The molecule has 1 aliphatic rings. The van der Waals surface area contributed by atoms with E-state index < -0.39 is 15.8 Å². The minimum atomic E-state index is -3.96. The van der Waals surface area contributed by atoms with E-state index in [1.165, 1.54) is 31.5 Å². The highest BCUT2D eigenvalue weighted by atomic mass is 32.2. The van der Waals surface area contributed by atoms with Crippen LogP contribution in [0.1, 0.15) is 28.8 Å². The van der Waals surface area contributed by atoms with E-state index >= 15 is 0 Å². The van der Waals surface area contributed by atoms with Crippen LogP contribution in [-0.4, -0.2) is 36.7 Å². The zero-order valence-corrected chi connectivity index (χ0v) is 19.4. The molecule has 1 amide bonds. The van der Waals surface area contributed by atoms with Gasteiger partial charge in [0.15, 0.2) is 0 Å². The summed E-state index contributed by atoms with van der Waals surface area (Å²) >= 11 is 0. The smallest absolute Gasteiger partial charge is 0.283 e. The lowest BCUT2D eigenvalue weighted by Crippen LogP contribution is -2.25. The number of nitrogens with one attached hydrogen (secondary N) is 1. The second-order valence-electron chi connectivity index (χ2n) is 8.32. The molecule has 7 nitrogen and oxygen atoms in total. The maximum atomic E-state index is 14.7. The number of aromatic nitrogens is 2. The molecule has 174 valence electrons. The SMILES string of the molecule is COc1cccc(S(=O)(=O)n2ncc3cc(-c4cc(C(=O)NC5CC5)cc(F)c4C)ccc32)c1. The lowest BCUT2D eigenvalue weighted by atomic mass is 9.96. The number of nitrogens with zero attached hydrogens (tertiary/aromatic N) is 2. The van der Waals surface area contributed by atoms with Crippen LogP contribution in [-0.2, 0) is 10.0 Å². The van der Waals surface area contributed by atoms with E-state index in [4.69, 9.17) is 4.74 Å². The van der Waals surface area contributed by atoms with Gasteiger partial charge < -0.3 is 10.1 Å². The summed E-state index contributed by atoms with van der Waals surface area (Å²) in [6.45, 7) is 1.65. The molecular weight excluding hydrogens is 457 g/mol. The molecule has 0 radical (unpaired) electrons. The van der Waals surface area contributed by atoms with Crippen LogP contribution in [0.4, 0.5) is 4.39 Å². The van der Waals surface area contributed by atoms with Gasteiger partial charge in [-0.3, -0.25) is 4.79 Å². The zero-order chi connectivity index (χ0) is 24.0. The van der Waals surface area contributed by atoms with E-state index in [0.717, 1.165) is 16.9 Å². The predicted molar refractivity (Wildman–Crippen MR) is 126 cm³/mol. The molecule has 3 aromatic carbocycles. The van der Waals surface area contributed by atoms with Gasteiger partial charge in [0.1, 0.15) is 11.6 Å². The highest BCUT2D eigenvalue weighted by Gasteiger charge is 2.25. The lowest BCUT2D eigenvalue weighted by Gasteiger charge is -2.12. The van der Waals surface area contributed by atoms with E-state index in [2.05, 4.69) is 10.4 Å². The first-order valence-electron chi connectivity index (χ1n) is 10.8. The van der Waals surface area contributed by atoms with E-state index in [1.807, 2.05) is 0 Å². The number of benzene rings is 3. The first kappa shape index (κ1) is 22.1. The third-order valence-electron chi connectivity index (χ3n) is 5.93. The average molecular weight is 480 g/mol. The van der Waals surface area contributed by atoms with E-state index in [9.17, 15) is 17.6 Å². The standard InChI is InChI=1S/C25H22FN3O4S/c1-15-22(11-17(12-23(15)26)25(30)28-19-7-8-19)16-6-9-24-18(10-16)14-27-29(24)34(31,32)21-5-3-4-20(13-21)33-2/h3-6,9-14,19H,7-8H2,1-2H3,(H,28,30). The van der Waals surface area contributed by atoms with Gasteiger partial charge in [-0.25, -0.2) is 4.39 Å². The van der Waals surface area contributed by atoms with Crippen molar-refractivity contribution in [1.29, 1.82) is 0 Å². The lowest BCUT2D eigenvalue weighted by molar-refractivity contribution is 0.0950. The van der Waals surface area contributed by atoms with Crippen LogP contribution >= 0.6 is 0 Å². The molecular formula is C25H22FN3O4S. The van der Waals surface area contributed by atoms with Gasteiger partial charge >= 0.3 is 0 Å². The quantitative estimate of drug-likeness (QED) is 0.446. The van der Waals surface area contributed by atoms with E-state index in [-0.39, 0.29) is 22.4 Å². The third kappa shape index (κ3) is 3.92. The Morgan fingerprint density at radius 2 is 1.94 bits per heavy atom. The predicted octanol–water partition coefficient (Wildman–Crippen LogP) is 4.29. The first-order chi connectivity index (χ1) is 16.3. The summed E-state index contributed by atoms with van der Waals surface area (Å²) < 4.78 is 47.2. The Labute approximate surface area is 196 Å². The molecule has 0 aliphatic heterocycles. The van der Waals surface area contributed by atoms with Crippen molar-refractivity contribution in [2.24, 2.45) is 0 Å². The summed E-state index contributed by atoms with van der Waals surface area (Å²) in [6.07, 6.45) is 3.32. The fraction of sp³-hybridized carbons (Fsp3) is 0.200. The molecule has 0 unspecified atom stereocenters. The van der Waals surface area contributed by atoms with Crippen LogP contribution in [0.3, 0.4) is 0 Å². The molecule has 1 aliphatic carbocycles. The van der Waals surface area contributed by atoms with Crippen molar-refractivity contribution in [2.75, 3.05) is 7.11 Å². The Hall–Kier alpha value is -3.72. The molecule has 34 heavy (non-hydrogen) atoms. The Balaban J connectivity index is 1.55. The van der Waals surface area contributed by atoms with Gasteiger partial charge in [0.25, 0.3) is 15.9 Å². The summed E-state index contributed by atoms with van der Waals surface area (Å²) in [5, 5.41) is 7.55. The monoisotopic (exact) mass is 479 g/mol. The van der Waals surface area contributed by atoms with E-state index in [1.54, 1.807) is 43.3 Å². The van der Waals surface area contributed by atoms with E-state index in [0.29, 0.717) is 33.3 Å². The minimum Gasteiger partial charge on any atom is -0.497 e. The molecule has 1 N–H and O–H groups in total. The summed E-state index contributed by atoms with van der Waals surface area (Å²) in [5.41, 5.74) is 2.25. The van der Waals surface area contributed by atoms with Gasteiger partial charge in [-0.05, 0) is 72.9 Å². The number of rotatable bonds is 6. The molecule has 9 heteroatoms. The Morgan fingerprint density at radius 3 is 2.68 bits per heavy atom. The van der Waals surface area contributed by atoms with Crippen molar-refractivity contribution >= 4 is 26.8 Å². The topological polar surface area (TPSA) is 90.3 Å². The first-order valence-corrected chi connectivity index (χ1v) is 12.2. The Bertz CT molecular complexity index is 1540. The maximum Gasteiger partial charge on any atom is 0.283 e. The van der Waals surface area contributed by atoms with Crippen LogP contribution in [0.25, 0.3) is 22.0 Å². The van der Waals surface area contributed by atoms with Crippen LogP contribution in [0.15, 0.2) is 65.7 Å². The number of halogens is 1. The molecule has 1 fully saturated rings. The van der Waals surface area contributed by atoms with Crippen molar-refractivity contribution in [2.45, 2.75) is 30.7 Å². The minimum absolute atomic E-state index is 0.0493. The third-order valence-corrected chi connectivity index (χ3v) is 7.53. The molecule has 1 aromatic heterocycles. The van der Waals surface area contributed by atoms with Gasteiger partial charge in [0, 0.05) is 23.1 Å². The molecule has 1 saturated carbocycles. The number of hydrogen-bond donors (Lipinski definition) is 1. The maximum absolute atomic E-state index is 14.7. The number of amides is 1. The number of ether oxygens (including phenoxy) is 1. The molecule has 0 atom stereocenters. The van der Waals surface area contributed by atoms with Crippen LogP contribution in [0, 0.1) is 12.7 Å². The normalized spacial score (nSPS) is 13.7. The van der Waals surface area contributed by atoms with Gasteiger partial charge in [-0.15, -0.1) is 0 Å².